The van der Waals surface area contributed by atoms with Gasteiger partial charge in [0.1, 0.15) is 0 Å². The molecule has 2 heterocycles. The van der Waals surface area contributed by atoms with E-state index in [4.69, 9.17) is 0 Å². The molecule has 2 aliphatic rings. The van der Waals surface area contributed by atoms with Crippen LogP contribution in [0.5, 0.6) is 0 Å². The molecule has 2 N–H and O–H groups in total. The third-order valence-electron chi connectivity index (χ3n) is 3.71. The summed E-state index contributed by atoms with van der Waals surface area (Å²) in [5.41, 5.74) is 2.16. The molecule has 96 valence electrons. The van der Waals surface area contributed by atoms with Crippen molar-refractivity contribution in [2.75, 3.05) is 39.3 Å². The molecule has 0 aromatic heterocycles. The van der Waals surface area contributed by atoms with Crippen LogP contribution < -0.4 is 10.6 Å². The van der Waals surface area contributed by atoms with Crippen LogP contribution in [-0.4, -0.2) is 50.1 Å². The number of amides is 1. The lowest BCUT2D eigenvalue weighted by Crippen LogP contribution is -2.40. The highest BCUT2D eigenvalue weighted by Crippen LogP contribution is 2.09. The van der Waals surface area contributed by atoms with Gasteiger partial charge in [-0.1, -0.05) is 6.42 Å². The molecule has 2 aliphatic heterocycles. The van der Waals surface area contributed by atoms with E-state index in [1.807, 2.05) is 6.92 Å². The molecule has 2 saturated heterocycles. The summed E-state index contributed by atoms with van der Waals surface area (Å²) < 4.78 is 0. The Balaban J connectivity index is 1.65. The summed E-state index contributed by atoms with van der Waals surface area (Å²) in [6, 6.07) is 0. The van der Waals surface area contributed by atoms with Gasteiger partial charge < -0.3 is 15.5 Å². The van der Waals surface area contributed by atoms with Gasteiger partial charge in [-0.3, -0.25) is 4.79 Å². The molecule has 2 rings (SSSR count). The van der Waals surface area contributed by atoms with E-state index in [1.165, 1.54) is 37.9 Å². The zero-order valence-electron chi connectivity index (χ0n) is 10.7. The second-order valence-corrected chi connectivity index (χ2v) is 4.99. The summed E-state index contributed by atoms with van der Waals surface area (Å²) in [5.74, 6) is 0.110. The summed E-state index contributed by atoms with van der Waals surface area (Å²) in [6.45, 7) is 7.84. The van der Waals surface area contributed by atoms with Crippen LogP contribution in [0.4, 0.5) is 0 Å². The Hall–Kier alpha value is -0.870. The molecular formula is C13H23N3O. The van der Waals surface area contributed by atoms with Gasteiger partial charge in [0.15, 0.2) is 0 Å². The number of nitrogens with one attached hydrogen (secondary N) is 2. The number of nitrogens with zero attached hydrogens (tertiary/aromatic N) is 1. The van der Waals surface area contributed by atoms with E-state index in [-0.39, 0.29) is 5.91 Å². The first kappa shape index (κ1) is 12.6. The maximum absolute atomic E-state index is 11.8. The van der Waals surface area contributed by atoms with Crippen LogP contribution >= 0.6 is 0 Å². The minimum Gasteiger partial charge on any atom is -0.351 e. The van der Waals surface area contributed by atoms with Crippen LogP contribution in [0.25, 0.3) is 0 Å². The zero-order valence-corrected chi connectivity index (χ0v) is 10.7. The number of carbonyl (C=O) groups excluding carboxylic acids is 1. The van der Waals surface area contributed by atoms with Crippen LogP contribution in [0.3, 0.4) is 0 Å². The van der Waals surface area contributed by atoms with Crippen molar-refractivity contribution in [1.82, 2.24) is 15.5 Å². The Morgan fingerprint density at radius 2 is 2.00 bits per heavy atom. The monoisotopic (exact) mass is 237 g/mol. The predicted octanol–water partition coefficient (Wildman–Crippen LogP) is 0.508. The lowest BCUT2D eigenvalue weighted by molar-refractivity contribution is -0.117. The number of likely N-dealkylation sites (tertiary alicyclic amines) is 1. The molecule has 0 atom stereocenters. The van der Waals surface area contributed by atoms with E-state index >= 15 is 0 Å². The topological polar surface area (TPSA) is 44.4 Å². The largest absolute Gasteiger partial charge is 0.351 e. The molecule has 0 aliphatic carbocycles. The number of rotatable bonds is 4. The van der Waals surface area contributed by atoms with Crippen molar-refractivity contribution >= 4 is 5.91 Å². The minimum absolute atomic E-state index is 0.110. The highest BCUT2D eigenvalue weighted by molar-refractivity contribution is 5.93. The van der Waals surface area contributed by atoms with Crippen LogP contribution in [0.1, 0.15) is 26.2 Å². The highest BCUT2D eigenvalue weighted by Gasteiger charge is 2.16. The van der Waals surface area contributed by atoms with Gasteiger partial charge in [-0.25, -0.2) is 0 Å². The van der Waals surface area contributed by atoms with E-state index in [0.717, 1.165) is 31.8 Å². The van der Waals surface area contributed by atoms with Gasteiger partial charge in [-0.05, 0) is 38.4 Å². The second kappa shape index (κ2) is 6.17. The molecule has 4 nitrogen and oxygen atoms in total. The smallest absolute Gasteiger partial charge is 0.247 e. The predicted molar refractivity (Wildman–Crippen MR) is 68.9 cm³/mol. The molecule has 1 amide bonds. The summed E-state index contributed by atoms with van der Waals surface area (Å²) in [7, 11) is 0. The third kappa shape index (κ3) is 3.54. The number of hydrogen-bond donors (Lipinski definition) is 2. The first-order valence-corrected chi connectivity index (χ1v) is 6.67. The normalized spacial score (nSPS) is 20.9. The Labute approximate surface area is 103 Å². The Bertz CT molecular complexity index is 300. The molecule has 0 unspecified atom stereocenters. The van der Waals surface area contributed by atoms with Crippen molar-refractivity contribution in [1.29, 1.82) is 0 Å². The number of piperidine rings is 1. The van der Waals surface area contributed by atoms with E-state index in [1.54, 1.807) is 0 Å². The maximum atomic E-state index is 11.8. The Kier molecular flexibility index (Phi) is 4.57. The third-order valence-corrected chi connectivity index (χ3v) is 3.71. The standard InChI is InChI=1S/C13H23N3O/c1-11(12-9-14-10-12)13(17)15-5-8-16-6-3-2-4-7-16/h14H,2-10H2,1H3,(H,15,17). The summed E-state index contributed by atoms with van der Waals surface area (Å²) in [4.78, 5) is 14.2. The Morgan fingerprint density at radius 1 is 1.29 bits per heavy atom. The van der Waals surface area contributed by atoms with Gasteiger partial charge in [0, 0.05) is 31.8 Å². The van der Waals surface area contributed by atoms with E-state index < -0.39 is 0 Å². The summed E-state index contributed by atoms with van der Waals surface area (Å²) in [5, 5.41) is 6.17. The average molecular weight is 237 g/mol. The molecule has 0 radical (unpaired) electrons. The Morgan fingerprint density at radius 3 is 2.59 bits per heavy atom. The van der Waals surface area contributed by atoms with Gasteiger partial charge in [0.25, 0.3) is 0 Å². The SMILES string of the molecule is CC(C(=O)NCCN1CCCCC1)=C1CNC1. The van der Waals surface area contributed by atoms with Crippen molar-refractivity contribution in [3.63, 3.8) is 0 Å². The molecule has 0 saturated carbocycles. The first-order chi connectivity index (χ1) is 8.27. The van der Waals surface area contributed by atoms with Crippen molar-refractivity contribution in [2.24, 2.45) is 0 Å². The van der Waals surface area contributed by atoms with E-state index in [2.05, 4.69) is 15.5 Å². The molecule has 0 aromatic carbocycles. The minimum atomic E-state index is 0.110. The summed E-state index contributed by atoms with van der Waals surface area (Å²) in [6.07, 6.45) is 3.98. The first-order valence-electron chi connectivity index (χ1n) is 6.67. The molecule has 0 bridgehead atoms. The number of carbonyl (C=O) groups is 1. The van der Waals surface area contributed by atoms with Gasteiger partial charge in [0.2, 0.25) is 5.91 Å². The molecule has 0 spiro atoms. The van der Waals surface area contributed by atoms with Crippen molar-refractivity contribution in [3.05, 3.63) is 11.1 Å². The van der Waals surface area contributed by atoms with Crippen molar-refractivity contribution in [2.45, 2.75) is 26.2 Å². The summed E-state index contributed by atoms with van der Waals surface area (Å²) >= 11 is 0. The molecule has 2 fully saturated rings. The van der Waals surface area contributed by atoms with Crippen LogP contribution in [0.2, 0.25) is 0 Å². The fourth-order valence-electron chi connectivity index (χ4n) is 2.32. The van der Waals surface area contributed by atoms with Gasteiger partial charge in [-0.15, -0.1) is 0 Å². The molecular weight excluding hydrogens is 214 g/mol. The zero-order chi connectivity index (χ0) is 12.1. The second-order valence-electron chi connectivity index (χ2n) is 4.99. The van der Waals surface area contributed by atoms with E-state index in [9.17, 15) is 4.79 Å². The van der Waals surface area contributed by atoms with E-state index in [0.29, 0.717) is 0 Å². The quantitative estimate of drug-likeness (QED) is 0.700. The van der Waals surface area contributed by atoms with Crippen LogP contribution in [0.15, 0.2) is 11.1 Å². The molecule has 0 aromatic rings. The fraction of sp³-hybridized carbons (Fsp3) is 0.769. The molecule has 4 heteroatoms. The fourth-order valence-corrected chi connectivity index (χ4v) is 2.32. The highest BCUT2D eigenvalue weighted by atomic mass is 16.1. The van der Waals surface area contributed by atoms with Crippen molar-refractivity contribution in [3.8, 4) is 0 Å². The number of hydrogen-bond acceptors (Lipinski definition) is 3. The van der Waals surface area contributed by atoms with Gasteiger partial charge in [-0.2, -0.15) is 0 Å². The van der Waals surface area contributed by atoms with Crippen LogP contribution in [0, 0.1) is 0 Å². The van der Waals surface area contributed by atoms with Gasteiger partial charge in [0.05, 0.1) is 0 Å². The lowest BCUT2D eigenvalue weighted by Gasteiger charge is -2.26. The van der Waals surface area contributed by atoms with Crippen molar-refractivity contribution < 1.29 is 4.79 Å². The lowest BCUT2D eigenvalue weighted by atomic mass is 10.0. The average Bonchev–Trinajstić information content (AvgIpc) is 2.28. The molecule has 17 heavy (non-hydrogen) atoms. The van der Waals surface area contributed by atoms with Gasteiger partial charge >= 0.3 is 0 Å². The van der Waals surface area contributed by atoms with Crippen LogP contribution in [-0.2, 0) is 4.79 Å². The maximum Gasteiger partial charge on any atom is 0.247 e.